The number of halogens is 1. The molecule has 0 radical (unpaired) electrons. The SMILES string of the molecule is Cc1ccc(C#N)c(Sc2ccc(F)cc2)n1. The summed E-state index contributed by atoms with van der Waals surface area (Å²) in [5, 5.41) is 9.62. The minimum Gasteiger partial charge on any atom is -0.245 e. The van der Waals surface area contributed by atoms with Crippen LogP contribution in [0.2, 0.25) is 0 Å². The van der Waals surface area contributed by atoms with Gasteiger partial charge in [-0.15, -0.1) is 0 Å². The Labute approximate surface area is 103 Å². The number of pyridine rings is 1. The van der Waals surface area contributed by atoms with Gasteiger partial charge in [-0.3, -0.25) is 0 Å². The summed E-state index contributed by atoms with van der Waals surface area (Å²) in [6.07, 6.45) is 0. The molecule has 0 aliphatic carbocycles. The minimum absolute atomic E-state index is 0.271. The predicted octanol–water partition coefficient (Wildman–Crippen LogP) is 3.55. The molecule has 2 nitrogen and oxygen atoms in total. The molecular formula is C13H9FN2S. The first-order valence-corrected chi connectivity index (χ1v) is 5.82. The summed E-state index contributed by atoms with van der Waals surface area (Å²) in [6.45, 7) is 1.87. The molecule has 0 bridgehead atoms. The molecule has 84 valence electrons. The largest absolute Gasteiger partial charge is 0.245 e. The lowest BCUT2D eigenvalue weighted by Gasteiger charge is -2.03. The molecule has 0 saturated heterocycles. The van der Waals surface area contributed by atoms with Crippen LogP contribution in [-0.2, 0) is 0 Å². The molecule has 0 aliphatic rings. The van der Waals surface area contributed by atoms with Crippen LogP contribution in [0.5, 0.6) is 0 Å². The topological polar surface area (TPSA) is 36.7 Å². The van der Waals surface area contributed by atoms with Crippen LogP contribution in [-0.4, -0.2) is 4.98 Å². The van der Waals surface area contributed by atoms with E-state index < -0.39 is 0 Å². The Morgan fingerprint density at radius 3 is 2.53 bits per heavy atom. The summed E-state index contributed by atoms with van der Waals surface area (Å²) in [5.74, 6) is -0.271. The van der Waals surface area contributed by atoms with Gasteiger partial charge in [-0.2, -0.15) is 5.26 Å². The third-order valence-corrected chi connectivity index (χ3v) is 3.16. The first-order valence-electron chi connectivity index (χ1n) is 5.00. The van der Waals surface area contributed by atoms with Crippen molar-refractivity contribution in [3.8, 4) is 6.07 Å². The van der Waals surface area contributed by atoms with E-state index in [0.29, 0.717) is 10.6 Å². The van der Waals surface area contributed by atoms with E-state index in [1.165, 1.54) is 23.9 Å². The molecule has 0 unspecified atom stereocenters. The van der Waals surface area contributed by atoms with Crippen molar-refractivity contribution < 1.29 is 4.39 Å². The first-order chi connectivity index (χ1) is 8.19. The highest BCUT2D eigenvalue weighted by atomic mass is 32.2. The number of rotatable bonds is 2. The zero-order valence-corrected chi connectivity index (χ0v) is 9.96. The van der Waals surface area contributed by atoms with E-state index in [1.807, 2.05) is 6.92 Å². The van der Waals surface area contributed by atoms with Crippen molar-refractivity contribution in [2.45, 2.75) is 16.8 Å². The second kappa shape index (κ2) is 4.98. The van der Waals surface area contributed by atoms with E-state index in [4.69, 9.17) is 5.26 Å². The van der Waals surface area contributed by atoms with Crippen molar-refractivity contribution in [3.05, 3.63) is 53.5 Å². The molecule has 4 heteroatoms. The molecular weight excluding hydrogens is 235 g/mol. The summed E-state index contributed by atoms with van der Waals surface area (Å²) in [7, 11) is 0. The van der Waals surface area contributed by atoms with Gasteiger partial charge in [0.2, 0.25) is 0 Å². The van der Waals surface area contributed by atoms with Crippen LogP contribution in [0.3, 0.4) is 0 Å². The summed E-state index contributed by atoms with van der Waals surface area (Å²) < 4.78 is 12.8. The average Bonchev–Trinajstić information content (AvgIpc) is 2.32. The Bertz CT molecular complexity index is 573. The summed E-state index contributed by atoms with van der Waals surface area (Å²) in [5.41, 5.74) is 1.39. The number of aryl methyl sites for hydroxylation is 1. The van der Waals surface area contributed by atoms with E-state index in [1.54, 1.807) is 24.3 Å². The molecule has 17 heavy (non-hydrogen) atoms. The highest BCUT2D eigenvalue weighted by Crippen LogP contribution is 2.28. The highest BCUT2D eigenvalue weighted by Gasteiger charge is 2.06. The lowest BCUT2D eigenvalue weighted by atomic mass is 10.3. The molecule has 0 N–H and O–H groups in total. The van der Waals surface area contributed by atoms with Gasteiger partial charge in [-0.25, -0.2) is 9.37 Å². The maximum atomic E-state index is 12.8. The monoisotopic (exact) mass is 244 g/mol. The van der Waals surface area contributed by atoms with Crippen molar-refractivity contribution in [1.82, 2.24) is 4.98 Å². The van der Waals surface area contributed by atoms with Gasteiger partial charge in [-0.05, 0) is 43.3 Å². The molecule has 0 aliphatic heterocycles. The maximum Gasteiger partial charge on any atom is 0.123 e. The average molecular weight is 244 g/mol. The van der Waals surface area contributed by atoms with Crippen LogP contribution in [0.15, 0.2) is 46.3 Å². The third kappa shape index (κ3) is 2.83. The Kier molecular flexibility index (Phi) is 3.40. The van der Waals surface area contributed by atoms with Crippen molar-refractivity contribution in [3.63, 3.8) is 0 Å². The van der Waals surface area contributed by atoms with Crippen LogP contribution in [0, 0.1) is 24.1 Å². The number of hydrogen-bond donors (Lipinski definition) is 0. The summed E-state index contributed by atoms with van der Waals surface area (Å²) in [6, 6.07) is 11.8. The van der Waals surface area contributed by atoms with Crippen LogP contribution in [0.4, 0.5) is 4.39 Å². The normalized spacial score (nSPS) is 9.94. The van der Waals surface area contributed by atoms with Crippen molar-refractivity contribution in [2.75, 3.05) is 0 Å². The Balaban J connectivity index is 2.32. The van der Waals surface area contributed by atoms with Gasteiger partial charge in [0.05, 0.1) is 5.56 Å². The van der Waals surface area contributed by atoms with Crippen LogP contribution < -0.4 is 0 Å². The molecule has 0 amide bonds. The minimum atomic E-state index is -0.271. The van der Waals surface area contributed by atoms with E-state index in [9.17, 15) is 4.39 Å². The summed E-state index contributed by atoms with van der Waals surface area (Å²) in [4.78, 5) is 5.17. The van der Waals surface area contributed by atoms with E-state index in [0.717, 1.165) is 10.6 Å². The lowest BCUT2D eigenvalue weighted by Crippen LogP contribution is -1.89. The first kappa shape index (κ1) is 11.6. The zero-order valence-electron chi connectivity index (χ0n) is 9.14. The second-order valence-electron chi connectivity index (χ2n) is 3.47. The van der Waals surface area contributed by atoms with Gasteiger partial charge >= 0.3 is 0 Å². The number of nitrogens with zero attached hydrogens (tertiary/aromatic N) is 2. The van der Waals surface area contributed by atoms with Gasteiger partial charge in [0, 0.05) is 10.6 Å². The molecule has 0 spiro atoms. The standard InChI is InChI=1S/C13H9FN2S/c1-9-2-3-10(8-15)13(16-9)17-12-6-4-11(14)5-7-12/h2-7H,1H3. The van der Waals surface area contributed by atoms with Gasteiger partial charge < -0.3 is 0 Å². The Morgan fingerprint density at radius 2 is 1.88 bits per heavy atom. The van der Waals surface area contributed by atoms with E-state index in [2.05, 4.69) is 11.1 Å². The highest BCUT2D eigenvalue weighted by molar-refractivity contribution is 7.99. The van der Waals surface area contributed by atoms with Crippen molar-refractivity contribution >= 4 is 11.8 Å². The quantitative estimate of drug-likeness (QED) is 0.810. The number of nitriles is 1. The fraction of sp³-hybridized carbons (Fsp3) is 0.0769. The number of benzene rings is 1. The van der Waals surface area contributed by atoms with Crippen LogP contribution in [0.25, 0.3) is 0 Å². The van der Waals surface area contributed by atoms with E-state index >= 15 is 0 Å². The summed E-state index contributed by atoms with van der Waals surface area (Å²) >= 11 is 1.36. The number of aromatic nitrogens is 1. The maximum absolute atomic E-state index is 12.8. The smallest absolute Gasteiger partial charge is 0.123 e. The molecule has 2 aromatic rings. The molecule has 1 aromatic carbocycles. The zero-order chi connectivity index (χ0) is 12.3. The molecule has 0 fully saturated rings. The van der Waals surface area contributed by atoms with Gasteiger partial charge in [-0.1, -0.05) is 11.8 Å². The third-order valence-electron chi connectivity index (χ3n) is 2.15. The lowest BCUT2D eigenvalue weighted by molar-refractivity contribution is 0.626. The van der Waals surface area contributed by atoms with E-state index in [-0.39, 0.29) is 5.82 Å². The molecule has 0 saturated carbocycles. The van der Waals surface area contributed by atoms with Gasteiger partial charge in [0.15, 0.2) is 0 Å². The number of hydrogen-bond acceptors (Lipinski definition) is 3. The fourth-order valence-corrected chi connectivity index (χ4v) is 2.22. The van der Waals surface area contributed by atoms with Crippen LogP contribution in [0.1, 0.15) is 11.3 Å². The molecule has 1 aromatic heterocycles. The van der Waals surface area contributed by atoms with Crippen molar-refractivity contribution in [2.24, 2.45) is 0 Å². The fourth-order valence-electron chi connectivity index (χ4n) is 1.31. The Hall–Kier alpha value is -1.86. The molecule has 0 atom stereocenters. The molecule has 1 heterocycles. The predicted molar refractivity (Wildman–Crippen MR) is 64.2 cm³/mol. The van der Waals surface area contributed by atoms with Crippen LogP contribution >= 0.6 is 11.8 Å². The second-order valence-corrected chi connectivity index (χ2v) is 4.54. The molecule has 2 rings (SSSR count). The van der Waals surface area contributed by atoms with Gasteiger partial charge in [0.1, 0.15) is 16.9 Å². The van der Waals surface area contributed by atoms with Gasteiger partial charge in [0.25, 0.3) is 0 Å². The Morgan fingerprint density at radius 1 is 1.18 bits per heavy atom. The van der Waals surface area contributed by atoms with Crippen molar-refractivity contribution in [1.29, 1.82) is 5.26 Å².